The van der Waals surface area contributed by atoms with Gasteiger partial charge in [-0.2, -0.15) is 4.98 Å². The van der Waals surface area contributed by atoms with Gasteiger partial charge in [0.2, 0.25) is 27.6 Å². The number of hydrogen-bond donors (Lipinski definition) is 1. The van der Waals surface area contributed by atoms with E-state index in [-0.39, 0.29) is 11.8 Å². The maximum atomic E-state index is 12.9. The van der Waals surface area contributed by atoms with Crippen LogP contribution in [-0.4, -0.2) is 55.8 Å². The van der Waals surface area contributed by atoms with Crippen LogP contribution in [0.1, 0.15) is 24.3 Å². The first-order valence-corrected chi connectivity index (χ1v) is 13.0. The van der Waals surface area contributed by atoms with Gasteiger partial charge < -0.3 is 9.84 Å². The quantitative estimate of drug-likeness (QED) is 0.549. The summed E-state index contributed by atoms with van der Waals surface area (Å²) in [6.07, 6.45) is 2.81. The van der Waals surface area contributed by atoms with Gasteiger partial charge in [-0.15, -0.1) is 0 Å². The molecule has 1 aromatic heterocycles. The number of nitrogens with one attached hydrogen (secondary N) is 1. The van der Waals surface area contributed by atoms with Crippen LogP contribution < -0.4 is 9.62 Å². The van der Waals surface area contributed by atoms with Gasteiger partial charge in [0.1, 0.15) is 0 Å². The van der Waals surface area contributed by atoms with Crippen molar-refractivity contribution >= 4 is 27.3 Å². The number of carbonyl (C=O) groups excluding carboxylic acids is 1. The summed E-state index contributed by atoms with van der Waals surface area (Å²) in [6, 6.07) is 14.8. The average molecular weight is 484 g/mol. The Hall–Kier alpha value is -3.24. The molecule has 1 aliphatic heterocycles. The van der Waals surface area contributed by atoms with E-state index in [4.69, 9.17) is 4.52 Å². The van der Waals surface area contributed by atoms with Crippen LogP contribution in [-0.2, 0) is 21.4 Å². The van der Waals surface area contributed by atoms with Crippen LogP contribution >= 0.6 is 0 Å². The van der Waals surface area contributed by atoms with Crippen molar-refractivity contribution in [3.63, 3.8) is 0 Å². The van der Waals surface area contributed by atoms with Crippen molar-refractivity contribution in [1.29, 1.82) is 0 Å². The Morgan fingerprint density at radius 3 is 2.74 bits per heavy atom. The molecule has 1 unspecified atom stereocenters. The number of benzene rings is 2. The molecular weight excluding hydrogens is 454 g/mol. The van der Waals surface area contributed by atoms with Crippen LogP contribution in [0.15, 0.2) is 53.1 Å². The number of aromatic nitrogens is 2. The lowest BCUT2D eigenvalue weighted by atomic mass is 9.97. The fourth-order valence-corrected chi connectivity index (χ4v) is 4.46. The first-order valence-electron chi connectivity index (χ1n) is 11.2. The fourth-order valence-electron chi connectivity index (χ4n) is 3.96. The monoisotopic (exact) mass is 483 g/mol. The third kappa shape index (κ3) is 5.81. The fraction of sp³-hybridized carbons (Fsp3) is 0.375. The highest BCUT2D eigenvalue weighted by Gasteiger charge is 2.27. The van der Waals surface area contributed by atoms with Crippen LogP contribution in [0.25, 0.3) is 11.4 Å². The van der Waals surface area contributed by atoms with Crippen LogP contribution in [0.2, 0.25) is 0 Å². The molecule has 0 bridgehead atoms. The van der Waals surface area contributed by atoms with Gasteiger partial charge in [-0.1, -0.05) is 41.1 Å². The Labute approximate surface area is 199 Å². The van der Waals surface area contributed by atoms with Crippen LogP contribution in [0.5, 0.6) is 0 Å². The number of carbonyl (C=O) groups is 1. The van der Waals surface area contributed by atoms with Gasteiger partial charge >= 0.3 is 0 Å². The maximum absolute atomic E-state index is 12.9. The molecule has 180 valence electrons. The number of aryl methyl sites for hydroxylation is 1. The first kappa shape index (κ1) is 23.9. The van der Waals surface area contributed by atoms with E-state index in [2.05, 4.69) is 20.4 Å². The molecule has 1 saturated heterocycles. The molecule has 10 heteroatoms. The van der Waals surface area contributed by atoms with Crippen molar-refractivity contribution in [1.82, 2.24) is 15.0 Å². The molecule has 0 aliphatic carbocycles. The topological polar surface area (TPSA) is 109 Å². The summed E-state index contributed by atoms with van der Waals surface area (Å²) in [6.45, 7) is 3.94. The molecule has 1 aliphatic rings. The number of amides is 1. The molecule has 9 nitrogen and oxygen atoms in total. The third-order valence-corrected chi connectivity index (χ3v) is 7.19. The van der Waals surface area contributed by atoms with E-state index < -0.39 is 10.0 Å². The number of piperidine rings is 1. The number of rotatable bonds is 7. The van der Waals surface area contributed by atoms with Crippen molar-refractivity contribution in [2.75, 3.05) is 36.0 Å². The van der Waals surface area contributed by atoms with Gasteiger partial charge in [-0.25, -0.2) is 8.42 Å². The highest BCUT2D eigenvalue weighted by atomic mass is 32.2. The van der Waals surface area contributed by atoms with Crippen molar-refractivity contribution in [3.8, 4) is 11.4 Å². The number of likely N-dealkylation sites (tertiary alicyclic amines) is 1. The number of nitrogens with zero attached hydrogens (tertiary/aromatic N) is 4. The standard InChI is InChI=1S/C24H29N5O4S/c1-17-9-11-18(12-10-17)23-26-22(33-27-23)16-29-13-5-6-19(15-29)24(30)25-20-7-4-8-21(14-20)28(2)34(3,31)32/h4,7-12,14,19H,5-6,13,15-16H2,1-3H3,(H,25,30). The summed E-state index contributed by atoms with van der Waals surface area (Å²) in [5.41, 5.74) is 3.13. The Kier molecular flexibility index (Phi) is 6.99. The Balaban J connectivity index is 1.37. The molecule has 1 N–H and O–H groups in total. The second-order valence-electron chi connectivity index (χ2n) is 8.72. The summed E-state index contributed by atoms with van der Waals surface area (Å²) < 4.78 is 30.3. The van der Waals surface area contributed by atoms with E-state index in [0.29, 0.717) is 36.2 Å². The third-order valence-electron chi connectivity index (χ3n) is 5.99. The molecule has 0 saturated carbocycles. The molecule has 2 heterocycles. The molecule has 4 rings (SSSR count). The average Bonchev–Trinajstić information content (AvgIpc) is 3.27. The van der Waals surface area contributed by atoms with Crippen molar-refractivity contribution in [2.24, 2.45) is 5.92 Å². The van der Waals surface area contributed by atoms with Crippen LogP contribution in [0.3, 0.4) is 0 Å². The summed E-state index contributed by atoms with van der Waals surface area (Å²) in [7, 11) is -1.90. The van der Waals surface area contributed by atoms with Crippen molar-refractivity contribution < 1.29 is 17.7 Å². The van der Waals surface area contributed by atoms with Gasteiger partial charge in [-0.05, 0) is 44.5 Å². The normalized spacial score (nSPS) is 16.9. The lowest BCUT2D eigenvalue weighted by Gasteiger charge is -2.31. The van der Waals surface area contributed by atoms with Crippen LogP contribution in [0.4, 0.5) is 11.4 Å². The second-order valence-corrected chi connectivity index (χ2v) is 10.7. The van der Waals surface area contributed by atoms with Gasteiger partial charge in [0.05, 0.1) is 24.4 Å². The van der Waals surface area contributed by atoms with Crippen molar-refractivity contribution in [3.05, 3.63) is 60.0 Å². The Morgan fingerprint density at radius 2 is 2.00 bits per heavy atom. The van der Waals surface area contributed by atoms with Crippen molar-refractivity contribution in [2.45, 2.75) is 26.3 Å². The van der Waals surface area contributed by atoms with E-state index in [9.17, 15) is 13.2 Å². The number of hydrogen-bond acceptors (Lipinski definition) is 7. The zero-order valence-electron chi connectivity index (χ0n) is 19.6. The first-order chi connectivity index (χ1) is 16.2. The number of anilines is 2. The zero-order valence-corrected chi connectivity index (χ0v) is 20.4. The number of sulfonamides is 1. The van der Waals surface area contributed by atoms with E-state index >= 15 is 0 Å². The highest BCUT2D eigenvalue weighted by Crippen LogP contribution is 2.24. The second kappa shape index (κ2) is 9.94. The van der Waals surface area contributed by atoms with E-state index in [1.165, 1.54) is 16.9 Å². The molecule has 34 heavy (non-hydrogen) atoms. The molecule has 0 spiro atoms. The SMILES string of the molecule is Cc1ccc(-c2noc(CN3CCCC(C(=O)Nc4cccc(N(C)S(C)(=O)=O)c4)C3)n2)cc1. The van der Waals surface area contributed by atoms with Gasteiger partial charge in [0, 0.05) is 24.8 Å². The molecule has 1 fully saturated rings. The van der Waals surface area contributed by atoms with Gasteiger partial charge in [0.25, 0.3) is 0 Å². The van der Waals surface area contributed by atoms with E-state index in [1.807, 2.05) is 31.2 Å². The maximum Gasteiger partial charge on any atom is 0.241 e. The molecule has 2 aromatic carbocycles. The predicted molar refractivity (Wildman–Crippen MR) is 131 cm³/mol. The minimum absolute atomic E-state index is 0.0882. The lowest BCUT2D eigenvalue weighted by molar-refractivity contribution is -0.121. The van der Waals surface area contributed by atoms with E-state index in [0.717, 1.165) is 31.2 Å². The zero-order chi connectivity index (χ0) is 24.3. The van der Waals surface area contributed by atoms with Crippen LogP contribution in [0, 0.1) is 12.8 Å². The Morgan fingerprint density at radius 1 is 1.24 bits per heavy atom. The Bertz CT molecular complexity index is 1260. The minimum atomic E-state index is -3.38. The minimum Gasteiger partial charge on any atom is -0.338 e. The smallest absolute Gasteiger partial charge is 0.241 e. The van der Waals surface area contributed by atoms with E-state index in [1.54, 1.807) is 24.3 Å². The summed E-state index contributed by atoms with van der Waals surface area (Å²) in [4.78, 5) is 19.6. The molecule has 0 radical (unpaired) electrons. The molecule has 1 amide bonds. The lowest BCUT2D eigenvalue weighted by Crippen LogP contribution is -2.40. The molecular formula is C24H29N5O4S. The predicted octanol–water partition coefficient (Wildman–Crippen LogP) is 3.29. The summed E-state index contributed by atoms with van der Waals surface area (Å²) >= 11 is 0. The molecule has 3 aromatic rings. The summed E-state index contributed by atoms with van der Waals surface area (Å²) in [5.74, 6) is 0.799. The van der Waals surface area contributed by atoms with Gasteiger partial charge in [0.15, 0.2) is 0 Å². The summed E-state index contributed by atoms with van der Waals surface area (Å²) in [5, 5.41) is 7.03. The largest absolute Gasteiger partial charge is 0.338 e. The highest BCUT2D eigenvalue weighted by molar-refractivity contribution is 7.92. The molecule has 1 atom stereocenters. The van der Waals surface area contributed by atoms with Gasteiger partial charge in [-0.3, -0.25) is 14.0 Å².